The predicted molar refractivity (Wildman–Crippen MR) is 60.8 cm³/mol. The Hall–Kier alpha value is -1.12. The molecule has 15 heavy (non-hydrogen) atoms. The zero-order chi connectivity index (χ0) is 11.4. The van der Waals surface area contributed by atoms with Gasteiger partial charge in [-0.25, -0.2) is 0 Å². The van der Waals surface area contributed by atoms with E-state index in [1.807, 2.05) is 11.6 Å². The van der Waals surface area contributed by atoms with Crippen LogP contribution in [0.1, 0.15) is 38.6 Å². The summed E-state index contributed by atoms with van der Waals surface area (Å²) in [6, 6.07) is 2.11. The minimum absolute atomic E-state index is 0.266. The van der Waals surface area contributed by atoms with E-state index in [4.69, 9.17) is 0 Å². The molecule has 0 saturated heterocycles. The number of hydrogen-bond acceptors (Lipinski definition) is 2. The lowest BCUT2D eigenvalue weighted by Crippen LogP contribution is -2.10. The largest absolute Gasteiger partial charge is 0.300 e. The number of carbonyl (C=O) groups excluding carboxylic acids is 1. The predicted octanol–water partition coefficient (Wildman–Crippen LogP) is 2.37. The highest BCUT2D eigenvalue weighted by atomic mass is 16.1. The standard InChI is InChI=1S/C12H20N2O/c1-5-14-12(8-10(3)13-14)7-9(2)6-11(4)15/h8-9H,5-7H2,1-4H3. The number of Topliss-reactive ketones (excluding diaryl/α,β-unsaturated/α-hetero) is 1. The van der Waals surface area contributed by atoms with Gasteiger partial charge in [0.25, 0.3) is 0 Å². The van der Waals surface area contributed by atoms with Crippen LogP contribution in [0.15, 0.2) is 6.07 Å². The molecule has 0 fully saturated rings. The molecule has 0 aliphatic carbocycles. The molecule has 1 aromatic heterocycles. The van der Waals surface area contributed by atoms with E-state index in [1.165, 1.54) is 5.69 Å². The molecule has 0 aliphatic rings. The summed E-state index contributed by atoms with van der Waals surface area (Å²) in [4.78, 5) is 11.0. The van der Waals surface area contributed by atoms with Crippen molar-refractivity contribution in [1.29, 1.82) is 0 Å². The summed E-state index contributed by atoms with van der Waals surface area (Å²) >= 11 is 0. The maximum absolute atomic E-state index is 11.0. The van der Waals surface area contributed by atoms with E-state index in [0.29, 0.717) is 12.3 Å². The monoisotopic (exact) mass is 208 g/mol. The van der Waals surface area contributed by atoms with Gasteiger partial charge < -0.3 is 4.79 Å². The average Bonchev–Trinajstić information content (AvgIpc) is 2.44. The maximum Gasteiger partial charge on any atom is 0.130 e. The van der Waals surface area contributed by atoms with Gasteiger partial charge in [0, 0.05) is 18.7 Å². The van der Waals surface area contributed by atoms with Crippen LogP contribution in [0, 0.1) is 12.8 Å². The van der Waals surface area contributed by atoms with Gasteiger partial charge in [0.05, 0.1) is 5.69 Å². The van der Waals surface area contributed by atoms with Crippen molar-refractivity contribution >= 4 is 5.78 Å². The lowest BCUT2D eigenvalue weighted by Gasteiger charge is -2.10. The Bertz CT molecular complexity index is 341. The van der Waals surface area contributed by atoms with Gasteiger partial charge in [0.1, 0.15) is 5.78 Å². The van der Waals surface area contributed by atoms with E-state index in [1.54, 1.807) is 6.92 Å². The number of rotatable bonds is 5. The first-order valence-electron chi connectivity index (χ1n) is 5.55. The maximum atomic E-state index is 11.0. The SMILES string of the molecule is CCn1nc(C)cc1CC(C)CC(C)=O. The van der Waals surface area contributed by atoms with E-state index in [0.717, 1.165) is 18.7 Å². The summed E-state index contributed by atoms with van der Waals surface area (Å²) in [5.41, 5.74) is 2.30. The average molecular weight is 208 g/mol. The van der Waals surface area contributed by atoms with E-state index >= 15 is 0 Å². The van der Waals surface area contributed by atoms with Gasteiger partial charge in [-0.3, -0.25) is 4.68 Å². The Morgan fingerprint density at radius 1 is 1.60 bits per heavy atom. The van der Waals surface area contributed by atoms with Crippen molar-refractivity contribution < 1.29 is 4.79 Å². The van der Waals surface area contributed by atoms with Crippen molar-refractivity contribution in [2.24, 2.45) is 5.92 Å². The zero-order valence-corrected chi connectivity index (χ0v) is 10.1. The highest BCUT2D eigenvalue weighted by Gasteiger charge is 2.10. The highest BCUT2D eigenvalue weighted by molar-refractivity contribution is 5.75. The molecule has 0 radical (unpaired) electrons. The van der Waals surface area contributed by atoms with Crippen LogP contribution in [-0.4, -0.2) is 15.6 Å². The highest BCUT2D eigenvalue weighted by Crippen LogP contribution is 2.13. The zero-order valence-electron chi connectivity index (χ0n) is 10.1. The molecule has 3 heteroatoms. The van der Waals surface area contributed by atoms with Crippen molar-refractivity contribution in [1.82, 2.24) is 9.78 Å². The Kier molecular flexibility index (Phi) is 4.06. The summed E-state index contributed by atoms with van der Waals surface area (Å²) in [6.07, 6.45) is 1.60. The Morgan fingerprint density at radius 3 is 2.80 bits per heavy atom. The molecular formula is C12H20N2O. The number of carbonyl (C=O) groups is 1. The van der Waals surface area contributed by atoms with Crippen LogP contribution in [0.3, 0.4) is 0 Å². The van der Waals surface area contributed by atoms with Crippen molar-refractivity contribution in [3.63, 3.8) is 0 Å². The molecule has 1 rings (SSSR count). The second kappa shape index (κ2) is 5.10. The van der Waals surface area contributed by atoms with E-state index in [2.05, 4.69) is 25.0 Å². The normalized spacial score (nSPS) is 12.8. The molecule has 3 nitrogen and oxygen atoms in total. The van der Waals surface area contributed by atoms with Crippen LogP contribution in [-0.2, 0) is 17.8 Å². The summed E-state index contributed by atoms with van der Waals surface area (Å²) in [7, 11) is 0. The van der Waals surface area contributed by atoms with Crippen molar-refractivity contribution in [3.05, 3.63) is 17.5 Å². The number of ketones is 1. The third-order valence-corrected chi connectivity index (χ3v) is 2.48. The van der Waals surface area contributed by atoms with Crippen LogP contribution >= 0.6 is 0 Å². The topological polar surface area (TPSA) is 34.9 Å². The number of hydrogen-bond donors (Lipinski definition) is 0. The van der Waals surface area contributed by atoms with Crippen LogP contribution < -0.4 is 0 Å². The lowest BCUT2D eigenvalue weighted by atomic mass is 9.99. The van der Waals surface area contributed by atoms with Crippen LogP contribution in [0.25, 0.3) is 0 Å². The van der Waals surface area contributed by atoms with Crippen LogP contribution in [0.4, 0.5) is 0 Å². The molecule has 84 valence electrons. The van der Waals surface area contributed by atoms with Crippen LogP contribution in [0.2, 0.25) is 0 Å². The minimum atomic E-state index is 0.266. The van der Waals surface area contributed by atoms with Gasteiger partial charge in [-0.2, -0.15) is 5.10 Å². The molecule has 0 amide bonds. The molecule has 0 N–H and O–H groups in total. The summed E-state index contributed by atoms with van der Waals surface area (Å²) in [5, 5.41) is 4.39. The van der Waals surface area contributed by atoms with Gasteiger partial charge in [0.15, 0.2) is 0 Å². The van der Waals surface area contributed by atoms with Gasteiger partial charge in [-0.05, 0) is 39.2 Å². The second-order valence-electron chi connectivity index (χ2n) is 4.31. The fourth-order valence-electron chi connectivity index (χ4n) is 1.96. The molecule has 0 aliphatic heterocycles. The Balaban J connectivity index is 2.66. The van der Waals surface area contributed by atoms with Gasteiger partial charge in [-0.1, -0.05) is 6.92 Å². The third-order valence-electron chi connectivity index (χ3n) is 2.48. The molecular weight excluding hydrogens is 188 g/mol. The number of aryl methyl sites for hydroxylation is 2. The molecule has 1 atom stereocenters. The first kappa shape index (κ1) is 12.0. The number of aromatic nitrogens is 2. The quantitative estimate of drug-likeness (QED) is 0.744. The first-order chi connectivity index (χ1) is 7.02. The smallest absolute Gasteiger partial charge is 0.130 e. The Labute approximate surface area is 91.5 Å². The first-order valence-corrected chi connectivity index (χ1v) is 5.55. The molecule has 0 saturated carbocycles. The molecule has 0 aromatic carbocycles. The van der Waals surface area contributed by atoms with E-state index in [-0.39, 0.29) is 5.78 Å². The fourth-order valence-corrected chi connectivity index (χ4v) is 1.96. The lowest BCUT2D eigenvalue weighted by molar-refractivity contribution is -0.117. The summed E-state index contributed by atoms with van der Waals surface area (Å²) < 4.78 is 2.02. The molecule has 1 unspecified atom stereocenters. The van der Waals surface area contributed by atoms with Gasteiger partial charge in [0.2, 0.25) is 0 Å². The fraction of sp³-hybridized carbons (Fsp3) is 0.667. The van der Waals surface area contributed by atoms with Crippen LogP contribution in [0.5, 0.6) is 0 Å². The number of nitrogens with zero attached hydrogens (tertiary/aromatic N) is 2. The molecule has 0 bridgehead atoms. The van der Waals surface area contributed by atoms with Gasteiger partial charge in [-0.15, -0.1) is 0 Å². The summed E-state index contributed by atoms with van der Waals surface area (Å²) in [5.74, 6) is 0.672. The third kappa shape index (κ3) is 3.50. The van der Waals surface area contributed by atoms with Crippen molar-refractivity contribution in [3.8, 4) is 0 Å². The summed E-state index contributed by atoms with van der Waals surface area (Å²) in [6.45, 7) is 8.76. The van der Waals surface area contributed by atoms with Crippen molar-refractivity contribution in [2.75, 3.05) is 0 Å². The van der Waals surface area contributed by atoms with Gasteiger partial charge >= 0.3 is 0 Å². The second-order valence-corrected chi connectivity index (χ2v) is 4.31. The van der Waals surface area contributed by atoms with E-state index in [9.17, 15) is 4.79 Å². The van der Waals surface area contributed by atoms with Crippen molar-refractivity contribution in [2.45, 2.75) is 47.1 Å². The minimum Gasteiger partial charge on any atom is -0.300 e. The molecule has 1 heterocycles. The molecule has 1 aromatic rings. The van der Waals surface area contributed by atoms with E-state index < -0.39 is 0 Å². The molecule has 0 spiro atoms. The Morgan fingerprint density at radius 2 is 2.27 bits per heavy atom.